The third-order valence-electron chi connectivity index (χ3n) is 15.2. The number of nitrogens with one attached hydrogen (secondary N) is 1. The van der Waals surface area contributed by atoms with Gasteiger partial charge in [-0.2, -0.15) is 0 Å². The molecule has 0 aromatic rings. The minimum atomic E-state index is -0.847. The molecule has 0 heterocycles. The largest absolute Gasteiger partial charge is 0.466 e. The Labute approximate surface area is 450 Å². The predicted molar refractivity (Wildman–Crippen MR) is 315 cm³/mol. The Morgan fingerprint density at radius 2 is 0.653 bits per heavy atom. The van der Waals surface area contributed by atoms with Crippen molar-refractivity contribution in [2.45, 2.75) is 373 Å². The van der Waals surface area contributed by atoms with Crippen molar-refractivity contribution < 1.29 is 24.5 Å². The standard InChI is InChI=1S/C66H127NO5/c1-3-5-7-9-11-13-15-17-18-19-26-29-32-35-38-42-46-50-54-58-64(69)63(62-68)67-65(70)59-55-51-47-43-39-36-33-30-27-24-22-20-21-23-25-28-31-34-37-41-45-49-53-57-61-72-66(71)60-56-52-48-44-40-16-14-12-10-8-6-4-2/h22,24,54,58,63-64,68-69H,3-21,23,25-53,55-57,59-62H2,1-2H3,(H,67,70)/b24-22-,58-54+. The van der Waals surface area contributed by atoms with Crippen LogP contribution in [0.5, 0.6) is 0 Å². The summed E-state index contributed by atoms with van der Waals surface area (Å²) in [5.74, 6) is -0.0562. The summed E-state index contributed by atoms with van der Waals surface area (Å²) in [4.78, 5) is 24.5. The van der Waals surface area contributed by atoms with E-state index in [2.05, 4.69) is 31.3 Å². The summed E-state index contributed by atoms with van der Waals surface area (Å²) in [6, 6.07) is -0.631. The first-order valence-corrected chi connectivity index (χ1v) is 32.6. The van der Waals surface area contributed by atoms with Crippen molar-refractivity contribution in [2.75, 3.05) is 13.2 Å². The van der Waals surface area contributed by atoms with Gasteiger partial charge in [0.15, 0.2) is 0 Å². The molecule has 72 heavy (non-hydrogen) atoms. The summed E-state index contributed by atoms with van der Waals surface area (Å²) < 4.78 is 5.48. The summed E-state index contributed by atoms with van der Waals surface area (Å²) in [6.45, 7) is 4.93. The number of aliphatic hydroxyl groups excluding tert-OH is 2. The van der Waals surface area contributed by atoms with Crippen LogP contribution in [0.1, 0.15) is 361 Å². The average Bonchev–Trinajstić information content (AvgIpc) is 3.38. The van der Waals surface area contributed by atoms with E-state index in [4.69, 9.17) is 4.74 Å². The van der Waals surface area contributed by atoms with Gasteiger partial charge in [-0.3, -0.25) is 9.59 Å². The minimum absolute atomic E-state index is 0.0132. The number of carbonyl (C=O) groups excluding carboxylic acids is 2. The van der Waals surface area contributed by atoms with Crippen LogP contribution in [0.3, 0.4) is 0 Å². The van der Waals surface area contributed by atoms with E-state index in [0.717, 1.165) is 38.5 Å². The second kappa shape index (κ2) is 61.9. The van der Waals surface area contributed by atoms with E-state index in [1.807, 2.05) is 6.08 Å². The predicted octanol–water partition coefficient (Wildman–Crippen LogP) is 20.6. The number of hydrogen-bond donors (Lipinski definition) is 3. The maximum Gasteiger partial charge on any atom is 0.305 e. The number of aliphatic hydroxyl groups is 2. The molecule has 0 aliphatic rings. The Morgan fingerprint density at radius 1 is 0.375 bits per heavy atom. The molecule has 0 fully saturated rings. The maximum absolute atomic E-state index is 12.5. The second-order valence-electron chi connectivity index (χ2n) is 22.5. The molecule has 1 amide bonds. The van der Waals surface area contributed by atoms with Crippen molar-refractivity contribution in [1.82, 2.24) is 5.32 Å². The highest BCUT2D eigenvalue weighted by atomic mass is 16.5. The lowest BCUT2D eigenvalue weighted by Gasteiger charge is -2.20. The Bertz CT molecular complexity index is 1120. The van der Waals surface area contributed by atoms with Crippen molar-refractivity contribution in [3.05, 3.63) is 24.3 Å². The molecule has 2 atom stereocenters. The highest BCUT2D eigenvalue weighted by molar-refractivity contribution is 5.76. The SMILES string of the molecule is CCCCCCCCCCCCCCCCCCC/C=C/C(O)C(CO)NC(=O)CCCCCCCCCC/C=C\CCCCCCCCCCCCCCOC(=O)CCCCCCCCCCCCCC. The quantitative estimate of drug-likeness (QED) is 0.0320. The molecule has 0 saturated carbocycles. The molecule has 0 saturated heterocycles. The lowest BCUT2D eigenvalue weighted by Crippen LogP contribution is -2.45. The first-order chi connectivity index (χ1) is 35.5. The number of esters is 1. The van der Waals surface area contributed by atoms with E-state index in [-0.39, 0.29) is 18.5 Å². The number of unbranched alkanes of at least 4 members (excludes halogenated alkanes) is 48. The van der Waals surface area contributed by atoms with E-state index in [0.29, 0.717) is 19.4 Å². The third-order valence-corrected chi connectivity index (χ3v) is 15.2. The molecule has 0 aliphatic heterocycles. The van der Waals surface area contributed by atoms with E-state index in [9.17, 15) is 19.8 Å². The maximum atomic E-state index is 12.5. The highest BCUT2D eigenvalue weighted by Gasteiger charge is 2.18. The van der Waals surface area contributed by atoms with Crippen molar-refractivity contribution >= 4 is 11.9 Å². The fourth-order valence-corrected chi connectivity index (χ4v) is 10.2. The van der Waals surface area contributed by atoms with Crippen molar-refractivity contribution in [3.8, 4) is 0 Å². The summed E-state index contributed by atoms with van der Waals surface area (Å²) in [5.41, 5.74) is 0. The van der Waals surface area contributed by atoms with Crippen LogP contribution >= 0.6 is 0 Å². The zero-order valence-corrected chi connectivity index (χ0v) is 48.7. The number of allylic oxidation sites excluding steroid dienone is 3. The van der Waals surface area contributed by atoms with Gasteiger partial charge in [0.1, 0.15) is 0 Å². The van der Waals surface area contributed by atoms with Gasteiger partial charge < -0.3 is 20.3 Å². The molecule has 6 heteroatoms. The van der Waals surface area contributed by atoms with Crippen LogP contribution in [0, 0.1) is 0 Å². The molecule has 0 bridgehead atoms. The molecular weight excluding hydrogens is 887 g/mol. The molecule has 426 valence electrons. The molecule has 6 nitrogen and oxygen atoms in total. The number of rotatable bonds is 61. The van der Waals surface area contributed by atoms with Crippen LogP contribution in [0.2, 0.25) is 0 Å². The number of carbonyl (C=O) groups is 2. The normalized spacial score (nSPS) is 12.7. The van der Waals surface area contributed by atoms with Crippen LogP contribution in [-0.2, 0) is 14.3 Å². The smallest absolute Gasteiger partial charge is 0.305 e. The minimum Gasteiger partial charge on any atom is -0.466 e. The molecule has 2 unspecified atom stereocenters. The lowest BCUT2D eigenvalue weighted by atomic mass is 10.0. The third kappa shape index (κ3) is 57.6. The molecule has 0 aliphatic carbocycles. The topological polar surface area (TPSA) is 95.9 Å². The van der Waals surface area contributed by atoms with E-state index < -0.39 is 12.1 Å². The molecule has 0 spiro atoms. The van der Waals surface area contributed by atoms with Gasteiger partial charge in [-0.25, -0.2) is 0 Å². The van der Waals surface area contributed by atoms with Gasteiger partial charge in [0.05, 0.1) is 25.4 Å². The van der Waals surface area contributed by atoms with E-state index >= 15 is 0 Å². The van der Waals surface area contributed by atoms with Crippen molar-refractivity contribution in [1.29, 1.82) is 0 Å². The summed E-state index contributed by atoms with van der Waals surface area (Å²) in [5, 5.41) is 23.2. The fraction of sp³-hybridized carbons (Fsp3) is 0.909. The second-order valence-corrected chi connectivity index (χ2v) is 22.5. The van der Waals surface area contributed by atoms with Crippen LogP contribution in [0.25, 0.3) is 0 Å². The van der Waals surface area contributed by atoms with Gasteiger partial charge in [-0.05, 0) is 57.8 Å². The van der Waals surface area contributed by atoms with Gasteiger partial charge in [-0.1, -0.05) is 314 Å². The van der Waals surface area contributed by atoms with Gasteiger partial charge >= 0.3 is 5.97 Å². The molecule has 0 rings (SSSR count). The summed E-state index contributed by atoms with van der Waals surface area (Å²) in [7, 11) is 0. The Kier molecular flexibility index (Phi) is 60.5. The Balaban J connectivity index is 3.43. The lowest BCUT2D eigenvalue weighted by molar-refractivity contribution is -0.143. The van der Waals surface area contributed by atoms with Crippen molar-refractivity contribution in [3.63, 3.8) is 0 Å². The van der Waals surface area contributed by atoms with Crippen LogP contribution < -0.4 is 5.32 Å². The highest BCUT2D eigenvalue weighted by Crippen LogP contribution is 2.18. The van der Waals surface area contributed by atoms with E-state index in [1.54, 1.807) is 6.08 Å². The van der Waals surface area contributed by atoms with Crippen LogP contribution in [0.4, 0.5) is 0 Å². The van der Waals surface area contributed by atoms with Crippen LogP contribution in [-0.4, -0.2) is 47.4 Å². The summed E-state index contributed by atoms with van der Waals surface area (Å²) >= 11 is 0. The molecule has 3 N–H and O–H groups in total. The molecule has 0 aromatic carbocycles. The first kappa shape index (κ1) is 70.3. The monoisotopic (exact) mass is 1010 g/mol. The Hall–Kier alpha value is -1.66. The number of ether oxygens (including phenoxy) is 1. The van der Waals surface area contributed by atoms with Gasteiger partial charge in [0.25, 0.3) is 0 Å². The number of hydrogen-bond acceptors (Lipinski definition) is 5. The van der Waals surface area contributed by atoms with Crippen molar-refractivity contribution in [2.24, 2.45) is 0 Å². The van der Waals surface area contributed by atoms with Gasteiger partial charge in [0, 0.05) is 12.8 Å². The number of amides is 1. The van der Waals surface area contributed by atoms with Gasteiger partial charge in [0.2, 0.25) is 5.91 Å². The molecule has 0 radical (unpaired) electrons. The summed E-state index contributed by atoms with van der Waals surface area (Å²) in [6.07, 6.45) is 76.6. The van der Waals surface area contributed by atoms with Crippen LogP contribution in [0.15, 0.2) is 24.3 Å². The molecule has 0 aromatic heterocycles. The molecular formula is C66H127NO5. The first-order valence-electron chi connectivity index (χ1n) is 32.6. The average molecular weight is 1010 g/mol. The Morgan fingerprint density at radius 3 is 0.986 bits per heavy atom. The fourth-order valence-electron chi connectivity index (χ4n) is 10.2. The van der Waals surface area contributed by atoms with Gasteiger partial charge in [-0.15, -0.1) is 0 Å². The zero-order chi connectivity index (χ0) is 52.2. The zero-order valence-electron chi connectivity index (χ0n) is 48.7. The van der Waals surface area contributed by atoms with E-state index in [1.165, 1.54) is 295 Å².